The number of aliphatic hydroxyl groups excluding tert-OH is 1. The van der Waals surface area contributed by atoms with E-state index in [1.54, 1.807) is 19.2 Å². The molecule has 0 saturated carbocycles. The van der Waals surface area contributed by atoms with Crippen molar-refractivity contribution in [1.82, 2.24) is 0 Å². The molecule has 18 heavy (non-hydrogen) atoms. The molecule has 0 bridgehead atoms. The van der Waals surface area contributed by atoms with Crippen molar-refractivity contribution in [2.75, 3.05) is 20.3 Å². The fourth-order valence-corrected chi connectivity index (χ4v) is 1.18. The molecule has 3 nitrogen and oxygen atoms in total. The van der Waals surface area contributed by atoms with E-state index in [-0.39, 0.29) is 12.7 Å². The Bertz CT molecular complexity index is 434. The Kier molecular flexibility index (Phi) is 6.20. The molecule has 4 heteroatoms. The Hall–Kier alpha value is -1.57. The van der Waals surface area contributed by atoms with E-state index in [9.17, 15) is 4.39 Å². The van der Waals surface area contributed by atoms with Crippen LogP contribution in [0.2, 0.25) is 0 Å². The van der Waals surface area contributed by atoms with E-state index in [0.29, 0.717) is 24.3 Å². The van der Waals surface area contributed by atoms with Gasteiger partial charge in [-0.2, -0.15) is 0 Å². The number of benzene rings is 1. The van der Waals surface area contributed by atoms with Gasteiger partial charge in [0.25, 0.3) is 0 Å². The van der Waals surface area contributed by atoms with Crippen LogP contribution in [0.3, 0.4) is 0 Å². The first kappa shape index (κ1) is 14.5. The second-order valence-corrected chi connectivity index (χ2v) is 3.77. The first-order chi connectivity index (χ1) is 8.67. The van der Waals surface area contributed by atoms with Gasteiger partial charge in [0, 0.05) is 19.6 Å². The molecule has 0 aromatic heterocycles. The van der Waals surface area contributed by atoms with Crippen LogP contribution in [0.4, 0.5) is 4.39 Å². The maximum absolute atomic E-state index is 13.6. The van der Waals surface area contributed by atoms with Gasteiger partial charge in [0.1, 0.15) is 18.2 Å². The lowest BCUT2D eigenvalue weighted by Crippen LogP contribution is -2.15. The zero-order valence-corrected chi connectivity index (χ0v) is 10.6. The molecule has 0 aliphatic heterocycles. The van der Waals surface area contributed by atoms with Crippen LogP contribution in [0, 0.1) is 17.7 Å². The summed E-state index contributed by atoms with van der Waals surface area (Å²) < 4.78 is 24.0. The third-order valence-corrected chi connectivity index (χ3v) is 2.29. The molecular formula is C14H17FO3. The minimum atomic E-state index is -0.428. The SMILES string of the molecule is COC(C)COc1ccc(C#CCCO)c(F)c1. The van der Waals surface area contributed by atoms with Crippen LogP contribution in [-0.4, -0.2) is 31.5 Å². The maximum Gasteiger partial charge on any atom is 0.142 e. The summed E-state index contributed by atoms with van der Waals surface area (Å²) in [6, 6.07) is 4.52. The molecule has 0 spiro atoms. The summed E-state index contributed by atoms with van der Waals surface area (Å²) in [6.45, 7) is 2.21. The van der Waals surface area contributed by atoms with Crippen LogP contribution in [0.25, 0.3) is 0 Å². The summed E-state index contributed by atoms with van der Waals surface area (Å²) in [6.07, 6.45) is 0.292. The van der Waals surface area contributed by atoms with E-state index < -0.39 is 5.82 Å². The fraction of sp³-hybridized carbons (Fsp3) is 0.429. The number of hydrogen-bond acceptors (Lipinski definition) is 3. The molecule has 1 N–H and O–H groups in total. The van der Waals surface area contributed by atoms with Crippen LogP contribution in [0.5, 0.6) is 5.75 Å². The van der Waals surface area contributed by atoms with Crippen LogP contribution >= 0.6 is 0 Å². The largest absolute Gasteiger partial charge is 0.491 e. The summed E-state index contributed by atoms with van der Waals surface area (Å²) in [4.78, 5) is 0. The highest BCUT2D eigenvalue weighted by Gasteiger charge is 2.04. The van der Waals surface area contributed by atoms with Gasteiger partial charge in [-0.05, 0) is 19.1 Å². The lowest BCUT2D eigenvalue weighted by Gasteiger charge is -2.11. The highest BCUT2D eigenvalue weighted by molar-refractivity contribution is 5.39. The Morgan fingerprint density at radius 1 is 1.44 bits per heavy atom. The van der Waals surface area contributed by atoms with Gasteiger partial charge in [0.05, 0.1) is 18.3 Å². The van der Waals surface area contributed by atoms with Gasteiger partial charge in [-0.15, -0.1) is 0 Å². The van der Waals surface area contributed by atoms with Crippen LogP contribution < -0.4 is 4.74 Å². The van der Waals surface area contributed by atoms with Crippen molar-refractivity contribution in [2.24, 2.45) is 0 Å². The third-order valence-electron chi connectivity index (χ3n) is 2.29. The lowest BCUT2D eigenvalue weighted by atomic mass is 10.2. The molecule has 1 rings (SSSR count). The number of ether oxygens (including phenoxy) is 2. The number of halogens is 1. The highest BCUT2D eigenvalue weighted by atomic mass is 19.1. The summed E-state index contributed by atoms with van der Waals surface area (Å²) in [7, 11) is 1.59. The normalized spacial score (nSPS) is 11.6. The third kappa shape index (κ3) is 4.74. The Morgan fingerprint density at radius 3 is 2.83 bits per heavy atom. The predicted molar refractivity (Wildman–Crippen MR) is 66.9 cm³/mol. The van der Waals surface area contributed by atoms with Crippen molar-refractivity contribution in [1.29, 1.82) is 0 Å². The quantitative estimate of drug-likeness (QED) is 0.814. The fourth-order valence-electron chi connectivity index (χ4n) is 1.18. The molecule has 0 aliphatic rings. The first-order valence-corrected chi connectivity index (χ1v) is 5.72. The second-order valence-electron chi connectivity index (χ2n) is 3.77. The van der Waals surface area contributed by atoms with Crippen LogP contribution in [0.1, 0.15) is 18.9 Å². The second kappa shape index (κ2) is 7.70. The molecule has 1 aromatic rings. The van der Waals surface area contributed by atoms with Gasteiger partial charge in [-0.25, -0.2) is 4.39 Å². The molecule has 1 unspecified atom stereocenters. The number of rotatable bonds is 5. The van der Waals surface area contributed by atoms with Gasteiger partial charge in [0.15, 0.2) is 0 Å². The minimum Gasteiger partial charge on any atom is -0.491 e. The monoisotopic (exact) mass is 252 g/mol. The lowest BCUT2D eigenvalue weighted by molar-refractivity contribution is 0.0715. The van der Waals surface area contributed by atoms with E-state index in [1.807, 2.05) is 6.92 Å². The highest BCUT2D eigenvalue weighted by Crippen LogP contribution is 2.16. The molecule has 0 heterocycles. The zero-order valence-electron chi connectivity index (χ0n) is 10.6. The van der Waals surface area contributed by atoms with Crippen molar-refractivity contribution >= 4 is 0 Å². The van der Waals surface area contributed by atoms with Gasteiger partial charge in [-0.3, -0.25) is 0 Å². The summed E-state index contributed by atoms with van der Waals surface area (Å²) in [5, 5.41) is 8.57. The van der Waals surface area contributed by atoms with E-state index in [2.05, 4.69) is 11.8 Å². The van der Waals surface area contributed by atoms with E-state index >= 15 is 0 Å². The zero-order chi connectivity index (χ0) is 13.4. The summed E-state index contributed by atoms with van der Waals surface area (Å²) in [5.41, 5.74) is 0.301. The molecule has 98 valence electrons. The summed E-state index contributed by atoms with van der Waals surface area (Å²) >= 11 is 0. The first-order valence-electron chi connectivity index (χ1n) is 5.72. The number of methoxy groups -OCH3 is 1. The average molecular weight is 252 g/mol. The van der Waals surface area contributed by atoms with E-state index in [1.165, 1.54) is 6.07 Å². The van der Waals surface area contributed by atoms with Crippen molar-refractivity contribution in [3.05, 3.63) is 29.6 Å². The van der Waals surface area contributed by atoms with E-state index in [4.69, 9.17) is 14.6 Å². The summed E-state index contributed by atoms with van der Waals surface area (Å²) in [5.74, 6) is 5.34. The molecule has 0 amide bonds. The standard InChI is InChI=1S/C14H17FO3/c1-11(17-2)10-18-13-7-6-12(14(15)9-13)5-3-4-8-16/h6-7,9,11,16H,4,8,10H2,1-2H3. The van der Waals surface area contributed by atoms with Crippen molar-refractivity contribution < 1.29 is 19.0 Å². The Morgan fingerprint density at radius 2 is 2.22 bits per heavy atom. The minimum absolute atomic E-state index is 0.0231. The molecule has 0 saturated heterocycles. The Balaban J connectivity index is 2.65. The van der Waals surface area contributed by atoms with Crippen molar-refractivity contribution in [3.8, 4) is 17.6 Å². The number of aliphatic hydroxyl groups is 1. The number of hydrogen-bond donors (Lipinski definition) is 1. The molecule has 1 aromatic carbocycles. The van der Waals surface area contributed by atoms with Crippen LogP contribution in [-0.2, 0) is 4.74 Å². The van der Waals surface area contributed by atoms with Gasteiger partial charge < -0.3 is 14.6 Å². The van der Waals surface area contributed by atoms with Crippen LogP contribution in [0.15, 0.2) is 18.2 Å². The average Bonchev–Trinajstić information content (AvgIpc) is 2.38. The maximum atomic E-state index is 13.6. The molecule has 0 aliphatic carbocycles. The molecule has 0 fully saturated rings. The molecular weight excluding hydrogens is 235 g/mol. The molecule has 0 radical (unpaired) electrons. The van der Waals surface area contributed by atoms with Crippen molar-refractivity contribution in [2.45, 2.75) is 19.4 Å². The predicted octanol–water partition coefficient (Wildman–Crippen LogP) is 1.97. The van der Waals surface area contributed by atoms with E-state index in [0.717, 1.165) is 0 Å². The van der Waals surface area contributed by atoms with Gasteiger partial charge in [-0.1, -0.05) is 11.8 Å². The smallest absolute Gasteiger partial charge is 0.142 e. The Labute approximate surface area is 107 Å². The topological polar surface area (TPSA) is 38.7 Å². The van der Waals surface area contributed by atoms with Gasteiger partial charge in [0.2, 0.25) is 0 Å². The van der Waals surface area contributed by atoms with Crippen molar-refractivity contribution in [3.63, 3.8) is 0 Å². The van der Waals surface area contributed by atoms with Gasteiger partial charge >= 0.3 is 0 Å². The molecule has 1 atom stereocenters.